The van der Waals surface area contributed by atoms with Crippen LogP contribution in [0.4, 0.5) is 4.79 Å². The average molecular weight is 321 g/mol. The van der Waals surface area contributed by atoms with Gasteiger partial charge >= 0.3 is 6.03 Å². The van der Waals surface area contributed by atoms with Crippen molar-refractivity contribution in [3.8, 4) is 11.5 Å². The standard InChI is InChI=1S/C16H23N3O4/c1-22-13-5-6-14(23-2)12(8-13)9-18-15(20)11-4-3-7-19(10-11)16(17)21/h5-6,8,11H,3-4,7,9-10H2,1-2H3,(H2,17,21)(H,18,20). The minimum absolute atomic E-state index is 0.0826. The Morgan fingerprint density at radius 2 is 2.13 bits per heavy atom. The number of nitrogens with two attached hydrogens (primary N) is 1. The lowest BCUT2D eigenvalue weighted by Gasteiger charge is -2.30. The molecule has 23 heavy (non-hydrogen) atoms. The summed E-state index contributed by atoms with van der Waals surface area (Å²) >= 11 is 0. The van der Waals surface area contributed by atoms with E-state index in [0.717, 1.165) is 18.4 Å². The summed E-state index contributed by atoms with van der Waals surface area (Å²) in [6.07, 6.45) is 1.54. The molecule has 3 amide bonds. The summed E-state index contributed by atoms with van der Waals surface area (Å²) in [5, 5.41) is 2.90. The summed E-state index contributed by atoms with van der Waals surface area (Å²) in [7, 11) is 3.17. The number of nitrogens with zero attached hydrogens (tertiary/aromatic N) is 1. The van der Waals surface area contributed by atoms with E-state index in [1.54, 1.807) is 26.4 Å². The largest absolute Gasteiger partial charge is 0.497 e. The summed E-state index contributed by atoms with van der Waals surface area (Å²) in [5.41, 5.74) is 6.13. The topological polar surface area (TPSA) is 93.9 Å². The van der Waals surface area contributed by atoms with Gasteiger partial charge in [-0.1, -0.05) is 0 Å². The van der Waals surface area contributed by atoms with Crippen molar-refractivity contribution in [3.63, 3.8) is 0 Å². The van der Waals surface area contributed by atoms with Gasteiger partial charge in [0.15, 0.2) is 0 Å². The molecule has 1 aliphatic rings. The fourth-order valence-corrected chi connectivity index (χ4v) is 2.74. The number of amides is 3. The quantitative estimate of drug-likeness (QED) is 0.849. The number of urea groups is 1. The zero-order valence-corrected chi connectivity index (χ0v) is 13.5. The van der Waals surface area contributed by atoms with Gasteiger partial charge in [0.2, 0.25) is 5.91 Å². The van der Waals surface area contributed by atoms with Gasteiger partial charge in [0.25, 0.3) is 0 Å². The first kappa shape index (κ1) is 16.9. The SMILES string of the molecule is COc1ccc(OC)c(CNC(=O)C2CCCN(C(N)=O)C2)c1. The lowest BCUT2D eigenvalue weighted by atomic mass is 9.97. The van der Waals surface area contributed by atoms with Crippen LogP contribution < -0.4 is 20.5 Å². The molecule has 1 unspecified atom stereocenters. The van der Waals surface area contributed by atoms with Crippen molar-refractivity contribution < 1.29 is 19.1 Å². The van der Waals surface area contributed by atoms with Gasteiger partial charge in [0, 0.05) is 25.2 Å². The maximum absolute atomic E-state index is 12.3. The van der Waals surface area contributed by atoms with E-state index in [9.17, 15) is 9.59 Å². The van der Waals surface area contributed by atoms with Gasteiger partial charge in [-0.05, 0) is 31.0 Å². The number of carbonyl (C=O) groups excluding carboxylic acids is 2. The Hall–Kier alpha value is -2.44. The van der Waals surface area contributed by atoms with E-state index in [1.807, 2.05) is 6.07 Å². The van der Waals surface area contributed by atoms with Crippen LogP contribution in [0, 0.1) is 5.92 Å². The first-order chi connectivity index (χ1) is 11.0. The van der Waals surface area contributed by atoms with E-state index in [4.69, 9.17) is 15.2 Å². The molecule has 7 nitrogen and oxygen atoms in total. The number of nitrogens with one attached hydrogen (secondary N) is 1. The Balaban J connectivity index is 1.97. The number of piperidine rings is 1. The minimum atomic E-state index is -0.475. The maximum Gasteiger partial charge on any atom is 0.314 e. The molecular formula is C16H23N3O4. The van der Waals surface area contributed by atoms with Crippen LogP contribution in [0.15, 0.2) is 18.2 Å². The predicted molar refractivity (Wildman–Crippen MR) is 85.3 cm³/mol. The van der Waals surface area contributed by atoms with Crippen LogP contribution in [0.25, 0.3) is 0 Å². The number of benzene rings is 1. The third-order valence-electron chi connectivity index (χ3n) is 4.04. The van der Waals surface area contributed by atoms with Crippen LogP contribution in [0.2, 0.25) is 0 Å². The first-order valence-electron chi connectivity index (χ1n) is 7.58. The van der Waals surface area contributed by atoms with Crippen molar-refractivity contribution in [1.82, 2.24) is 10.2 Å². The lowest BCUT2D eigenvalue weighted by molar-refractivity contribution is -0.126. The summed E-state index contributed by atoms with van der Waals surface area (Å²) in [5.74, 6) is 1.08. The second-order valence-electron chi connectivity index (χ2n) is 5.52. The second-order valence-corrected chi connectivity index (χ2v) is 5.52. The van der Waals surface area contributed by atoms with Crippen molar-refractivity contribution >= 4 is 11.9 Å². The zero-order valence-electron chi connectivity index (χ0n) is 13.5. The number of rotatable bonds is 5. The van der Waals surface area contributed by atoms with Crippen LogP contribution in [-0.4, -0.2) is 44.1 Å². The van der Waals surface area contributed by atoms with Gasteiger partial charge in [-0.25, -0.2) is 4.79 Å². The molecule has 2 rings (SSSR count). The van der Waals surface area contributed by atoms with Crippen molar-refractivity contribution in [1.29, 1.82) is 0 Å². The van der Waals surface area contributed by atoms with Gasteiger partial charge in [-0.3, -0.25) is 4.79 Å². The summed E-state index contributed by atoms with van der Waals surface area (Å²) in [6.45, 7) is 1.32. The third kappa shape index (κ3) is 4.28. The van der Waals surface area contributed by atoms with E-state index < -0.39 is 6.03 Å². The molecule has 0 saturated carbocycles. The molecule has 0 bridgehead atoms. The molecule has 1 aromatic rings. The Bertz CT molecular complexity index is 576. The van der Waals surface area contributed by atoms with Crippen molar-refractivity contribution in [2.24, 2.45) is 11.7 Å². The van der Waals surface area contributed by atoms with Gasteiger partial charge < -0.3 is 25.4 Å². The molecular weight excluding hydrogens is 298 g/mol. The normalized spacial score (nSPS) is 17.5. The Morgan fingerprint density at radius 3 is 2.78 bits per heavy atom. The number of carbonyl (C=O) groups is 2. The zero-order chi connectivity index (χ0) is 16.8. The van der Waals surface area contributed by atoms with E-state index in [-0.39, 0.29) is 11.8 Å². The molecule has 1 aromatic carbocycles. The molecule has 1 fully saturated rings. The van der Waals surface area contributed by atoms with Gasteiger partial charge in [-0.15, -0.1) is 0 Å². The molecule has 0 spiro atoms. The first-order valence-corrected chi connectivity index (χ1v) is 7.58. The van der Waals surface area contributed by atoms with E-state index >= 15 is 0 Å². The third-order valence-corrected chi connectivity index (χ3v) is 4.04. The highest BCUT2D eigenvalue weighted by Gasteiger charge is 2.27. The van der Waals surface area contributed by atoms with Gasteiger partial charge in [0.05, 0.1) is 20.1 Å². The molecule has 0 aromatic heterocycles. The monoisotopic (exact) mass is 321 g/mol. The molecule has 1 aliphatic heterocycles. The molecule has 3 N–H and O–H groups in total. The van der Waals surface area contributed by atoms with Crippen molar-refractivity contribution in [2.45, 2.75) is 19.4 Å². The van der Waals surface area contributed by atoms with Crippen LogP contribution in [0.3, 0.4) is 0 Å². The van der Waals surface area contributed by atoms with E-state index in [0.29, 0.717) is 31.1 Å². The second kappa shape index (κ2) is 7.71. The molecule has 1 saturated heterocycles. The van der Waals surface area contributed by atoms with Crippen molar-refractivity contribution in [3.05, 3.63) is 23.8 Å². The highest BCUT2D eigenvalue weighted by Crippen LogP contribution is 2.24. The average Bonchev–Trinajstić information content (AvgIpc) is 2.59. The molecule has 7 heteroatoms. The minimum Gasteiger partial charge on any atom is -0.497 e. The lowest BCUT2D eigenvalue weighted by Crippen LogP contribution is -2.47. The van der Waals surface area contributed by atoms with Gasteiger partial charge in [0.1, 0.15) is 11.5 Å². The van der Waals surface area contributed by atoms with Crippen LogP contribution in [0.5, 0.6) is 11.5 Å². The smallest absolute Gasteiger partial charge is 0.314 e. The van der Waals surface area contributed by atoms with Crippen LogP contribution >= 0.6 is 0 Å². The van der Waals surface area contributed by atoms with Crippen LogP contribution in [0.1, 0.15) is 18.4 Å². The number of methoxy groups -OCH3 is 2. The maximum atomic E-state index is 12.3. The molecule has 1 heterocycles. The fraction of sp³-hybridized carbons (Fsp3) is 0.500. The predicted octanol–water partition coefficient (Wildman–Crippen LogP) is 1.11. The van der Waals surface area contributed by atoms with E-state index in [1.165, 1.54) is 4.90 Å². The highest BCUT2D eigenvalue weighted by atomic mass is 16.5. The number of hydrogen-bond acceptors (Lipinski definition) is 4. The summed E-state index contributed by atoms with van der Waals surface area (Å²) in [4.78, 5) is 25.1. The highest BCUT2D eigenvalue weighted by molar-refractivity contribution is 5.80. The molecule has 126 valence electrons. The Morgan fingerprint density at radius 1 is 1.35 bits per heavy atom. The van der Waals surface area contributed by atoms with Crippen LogP contribution in [-0.2, 0) is 11.3 Å². The molecule has 0 radical (unpaired) electrons. The molecule has 0 aliphatic carbocycles. The number of likely N-dealkylation sites (tertiary alicyclic amines) is 1. The van der Waals surface area contributed by atoms with Crippen molar-refractivity contribution in [2.75, 3.05) is 27.3 Å². The Kier molecular flexibility index (Phi) is 5.67. The molecule has 1 atom stereocenters. The Labute approximate surface area is 135 Å². The number of hydrogen-bond donors (Lipinski definition) is 2. The summed E-state index contributed by atoms with van der Waals surface area (Å²) in [6, 6.07) is 4.96. The number of primary amides is 1. The van der Waals surface area contributed by atoms with E-state index in [2.05, 4.69) is 5.32 Å². The summed E-state index contributed by atoms with van der Waals surface area (Å²) < 4.78 is 10.5. The number of ether oxygens (including phenoxy) is 2. The fourth-order valence-electron chi connectivity index (χ4n) is 2.74. The van der Waals surface area contributed by atoms with Gasteiger partial charge in [-0.2, -0.15) is 0 Å².